The summed E-state index contributed by atoms with van der Waals surface area (Å²) >= 11 is 1.40. The number of anilines is 1. The topological polar surface area (TPSA) is 75.4 Å². The van der Waals surface area contributed by atoms with Crippen molar-refractivity contribution in [3.63, 3.8) is 0 Å². The summed E-state index contributed by atoms with van der Waals surface area (Å²) in [4.78, 5) is 30.1. The molecule has 1 N–H and O–H groups in total. The van der Waals surface area contributed by atoms with Gasteiger partial charge in [-0.3, -0.25) is 9.59 Å². The largest absolute Gasteiger partial charge is 0.472 e. The molecule has 1 saturated heterocycles. The first-order valence-corrected chi connectivity index (χ1v) is 7.64. The van der Waals surface area contributed by atoms with Crippen LogP contribution in [0, 0.1) is 5.92 Å². The lowest BCUT2D eigenvalue weighted by atomic mass is 9.95. The molecule has 6 nitrogen and oxygen atoms in total. The van der Waals surface area contributed by atoms with Gasteiger partial charge in [0.15, 0.2) is 5.13 Å². The van der Waals surface area contributed by atoms with Crippen LogP contribution in [0.4, 0.5) is 5.13 Å². The number of rotatable bonds is 3. The molecule has 110 valence electrons. The van der Waals surface area contributed by atoms with Crippen molar-refractivity contribution in [2.75, 3.05) is 18.4 Å². The number of thiazole rings is 1. The van der Waals surface area contributed by atoms with Gasteiger partial charge in [0.25, 0.3) is 5.91 Å². The Morgan fingerprint density at radius 1 is 1.38 bits per heavy atom. The van der Waals surface area contributed by atoms with Crippen LogP contribution >= 0.6 is 11.3 Å². The molecule has 1 fully saturated rings. The summed E-state index contributed by atoms with van der Waals surface area (Å²) in [6.45, 7) is 1.17. The van der Waals surface area contributed by atoms with Gasteiger partial charge in [-0.05, 0) is 18.9 Å². The Labute approximate surface area is 125 Å². The van der Waals surface area contributed by atoms with Crippen LogP contribution in [-0.4, -0.2) is 34.8 Å². The van der Waals surface area contributed by atoms with Crippen LogP contribution in [-0.2, 0) is 4.79 Å². The molecule has 2 amide bonds. The number of carbonyl (C=O) groups excluding carboxylic acids is 2. The third kappa shape index (κ3) is 3.13. The molecule has 21 heavy (non-hydrogen) atoms. The number of amides is 2. The summed E-state index contributed by atoms with van der Waals surface area (Å²) in [5.41, 5.74) is 0.556. The van der Waals surface area contributed by atoms with Crippen molar-refractivity contribution >= 4 is 28.3 Å². The third-order valence-corrected chi connectivity index (χ3v) is 4.27. The van der Waals surface area contributed by atoms with E-state index in [4.69, 9.17) is 4.42 Å². The number of aromatic nitrogens is 1. The van der Waals surface area contributed by atoms with Crippen molar-refractivity contribution in [1.82, 2.24) is 9.88 Å². The fourth-order valence-electron chi connectivity index (χ4n) is 2.41. The summed E-state index contributed by atoms with van der Waals surface area (Å²) in [5, 5.41) is 5.26. The summed E-state index contributed by atoms with van der Waals surface area (Å²) in [7, 11) is 0. The van der Waals surface area contributed by atoms with Crippen molar-refractivity contribution in [3.8, 4) is 0 Å². The summed E-state index contributed by atoms with van der Waals surface area (Å²) in [5.74, 6) is -0.120. The zero-order valence-electron chi connectivity index (χ0n) is 11.3. The van der Waals surface area contributed by atoms with Gasteiger partial charge in [0, 0.05) is 30.6 Å². The van der Waals surface area contributed by atoms with Gasteiger partial charge in [0.05, 0.1) is 11.8 Å². The average Bonchev–Trinajstić information content (AvgIpc) is 3.20. The molecule has 0 saturated carbocycles. The van der Waals surface area contributed by atoms with Crippen LogP contribution in [0.1, 0.15) is 23.2 Å². The fourth-order valence-corrected chi connectivity index (χ4v) is 2.94. The fraction of sp³-hybridized carbons (Fsp3) is 0.357. The van der Waals surface area contributed by atoms with Crippen molar-refractivity contribution in [1.29, 1.82) is 0 Å². The highest BCUT2D eigenvalue weighted by Gasteiger charge is 2.28. The van der Waals surface area contributed by atoms with E-state index in [1.54, 1.807) is 17.2 Å². The Morgan fingerprint density at radius 2 is 2.19 bits per heavy atom. The summed E-state index contributed by atoms with van der Waals surface area (Å²) < 4.78 is 4.93. The second-order valence-corrected chi connectivity index (χ2v) is 5.80. The zero-order valence-corrected chi connectivity index (χ0v) is 12.1. The van der Waals surface area contributed by atoms with Gasteiger partial charge in [-0.2, -0.15) is 0 Å². The van der Waals surface area contributed by atoms with Gasteiger partial charge in [-0.25, -0.2) is 4.98 Å². The maximum absolute atomic E-state index is 12.2. The normalized spacial score (nSPS) is 15.9. The minimum atomic E-state index is -0.0673. The number of nitrogens with one attached hydrogen (secondary N) is 1. The monoisotopic (exact) mass is 305 g/mol. The van der Waals surface area contributed by atoms with Gasteiger partial charge < -0.3 is 14.6 Å². The number of carbonyl (C=O) groups is 2. The Hall–Kier alpha value is -2.15. The van der Waals surface area contributed by atoms with Crippen LogP contribution < -0.4 is 5.32 Å². The molecule has 2 aromatic heterocycles. The van der Waals surface area contributed by atoms with Crippen LogP contribution in [0.5, 0.6) is 0 Å². The van der Waals surface area contributed by atoms with Gasteiger partial charge in [-0.15, -0.1) is 11.3 Å². The minimum Gasteiger partial charge on any atom is -0.472 e. The number of hydrogen-bond acceptors (Lipinski definition) is 5. The Bertz CT molecular complexity index is 601. The van der Waals surface area contributed by atoms with Crippen molar-refractivity contribution in [2.24, 2.45) is 5.92 Å². The molecule has 0 aromatic carbocycles. The first kappa shape index (κ1) is 13.8. The molecule has 0 spiro atoms. The van der Waals surface area contributed by atoms with E-state index in [1.807, 2.05) is 5.38 Å². The first-order chi connectivity index (χ1) is 10.2. The molecule has 1 aliphatic rings. The molecule has 0 bridgehead atoms. The maximum Gasteiger partial charge on any atom is 0.257 e. The molecule has 0 radical (unpaired) electrons. The smallest absolute Gasteiger partial charge is 0.257 e. The minimum absolute atomic E-state index is 0.0136. The molecule has 1 aliphatic heterocycles. The summed E-state index contributed by atoms with van der Waals surface area (Å²) in [6, 6.07) is 1.66. The van der Waals surface area contributed by atoms with Crippen LogP contribution in [0.3, 0.4) is 0 Å². The maximum atomic E-state index is 12.2. The predicted molar refractivity (Wildman–Crippen MR) is 78.1 cm³/mol. The van der Waals surface area contributed by atoms with Crippen LogP contribution in [0.25, 0.3) is 0 Å². The molecule has 3 heterocycles. The number of piperidine rings is 1. The molecule has 0 atom stereocenters. The standard InChI is InChI=1S/C14H15N3O3S/c18-12(16-14-15-4-8-21-14)10-1-5-17(6-2-10)13(19)11-3-7-20-9-11/h3-4,7-10H,1-2,5-6H2,(H,15,16,18). The number of hydrogen-bond donors (Lipinski definition) is 1. The SMILES string of the molecule is O=C(Nc1nccs1)C1CCN(C(=O)c2ccoc2)CC1. The zero-order chi connectivity index (χ0) is 14.7. The van der Waals surface area contributed by atoms with E-state index < -0.39 is 0 Å². The van der Waals surface area contributed by atoms with E-state index >= 15 is 0 Å². The van der Waals surface area contributed by atoms with Crippen molar-refractivity contribution < 1.29 is 14.0 Å². The lowest BCUT2D eigenvalue weighted by molar-refractivity contribution is -0.121. The molecule has 7 heteroatoms. The molecule has 0 unspecified atom stereocenters. The second-order valence-electron chi connectivity index (χ2n) is 4.91. The third-order valence-electron chi connectivity index (χ3n) is 3.58. The number of furan rings is 1. The highest BCUT2D eigenvalue weighted by Crippen LogP contribution is 2.21. The summed E-state index contributed by atoms with van der Waals surface area (Å²) in [6.07, 6.45) is 5.93. The molecule has 2 aromatic rings. The van der Waals surface area contributed by atoms with Crippen LogP contribution in [0.2, 0.25) is 0 Å². The quantitative estimate of drug-likeness (QED) is 0.943. The lowest BCUT2D eigenvalue weighted by Crippen LogP contribution is -2.41. The van der Waals surface area contributed by atoms with E-state index in [0.717, 1.165) is 0 Å². The molecular weight excluding hydrogens is 290 g/mol. The van der Waals surface area contributed by atoms with Gasteiger partial charge in [0.2, 0.25) is 5.91 Å². The number of likely N-dealkylation sites (tertiary alicyclic amines) is 1. The first-order valence-electron chi connectivity index (χ1n) is 6.76. The van der Waals surface area contributed by atoms with Crippen molar-refractivity contribution in [3.05, 3.63) is 35.7 Å². The molecule has 3 rings (SSSR count). The van der Waals surface area contributed by atoms with E-state index in [0.29, 0.717) is 36.6 Å². The van der Waals surface area contributed by atoms with Gasteiger partial charge >= 0.3 is 0 Å². The van der Waals surface area contributed by atoms with Crippen LogP contribution in [0.15, 0.2) is 34.6 Å². The number of nitrogens with zero attached hydrogens (tertiary/aromatic N) is 2. The van der Waals surface area contributed by atoms with Gasteiger partial charge in [-0.1, -0.05) is 0 Å². The van der Waals surface area contributed by atoms with Crippen molar-refractivity contribution in [2.45, 2.75) is 12.8 Å². The van der Waals surface area contributed by atoms with E-state index in [2.05, 4.69) is 10.3 Å². The van der Waals surface area contributed by atoms with E-state index in [1.165, 1.54) is 23.9 Å². The predicted octanol–water partition coefficient (Wildman–Crippen LogP) is 2.23. The Kier molecular flexibility index (Phi) is 4.01. The van der Waals surface area contributed by atoms with E-state index in [-0.39, 0.29) is 17.7 Å². The lowest BCUT2D eigenvalue weighted by Gasteiger charge is -2.30. The molecule has 0 aliphatic carbocycles. The van der Waals surface area contributed by atoms with Gasteiger partial charge in [0.1, 0.15) is 6.26 Å². The average molecular weight is 305 g/mol. The van der Waals surface area contributed by atoms with E-state index in [9.17, 15) is 9.59 Å². The molecular formula is C14H15N3O3S. The second kappa shape index (κ2) is 6.09. The Balaban J connectivity index is 1.53. The highest BCUT2D eigenvalue weighted by atomic mass is 32.1. The Morgan fingerprint density at radius 3 is 2.81 bits per heavy atom. The highest BCUT2D eigenvalue weighted by molar-refractivity contribution is 7.13.